The van der Waals surface area contributed by atoms with Crippen LogP contribution in [0.15, 0.2) is 65.2 Å². The Kier molecular flexibility index (Phi) is 5.29. The molecule has 0 spiro atoms. The molecule has 0 N–H and O–H groups in total. The molecule has 5 rings (SSSR count). The van der Waals surface area contributed by atoms with Gasteiger partial charge in [0, 0.05) is 18.2 Å². The molecule has 1 atom stereocenters. The second kappa shape index (κ2) is 8.24. The van der Waals surface area contributed by atoms with Gasteiger partial charge in [-0.15, -0.1) is 5.10 Å². The third kappa shape index (κ3) is 3.86. The Morgan fingerprint density at radius 3 is 2.65 bits per heavy atom. The van der Waals surface area contributed by atoms with E-state index in [1.54, 1.807) is 0 Å². The number of aryl methyl sites for hydroxylation is 2. The average molecular weight is 432 g/mol. The highest BCUT2D eigenvalue weighted by molar-refractivity contribution is 7.71. The van der Waals surface area contributed by atoms with Gasteiger partial charge in [-0.25, -0.2) is 4.68 Å². The molecule has 4 aromatic rings. The summed E-state index contributed by atoms with van der Waals surface area (Å²) in [6.45, 7) is 5.64. The minimum Gasteiger partial charge on any atom is -0.359 e. The molecule has 0 bridgehead atoms. The van der Waals surface area contributed by atoms with Crippen molar-refractivity contribution in [2.75, 3.05) is 6.54 Å². The van der Waals surface area contributed by atoms with E-state index in [4.69, 9.17) is 21.8 Å². The lowest BCUT2D eigenvalue weighted by molar-refractivity contribution is 0.163. The first-order chi connectivity index (χ1) is 15.1. The van der Waals surface area contributed by atoms with Crippen LogP contribution in [0, 0.1) is 18.6 Å². The first kappa shape index (κ1) is 19.9. The van der Waals surface area contributed by atoms with Crippen molar-refractivity contribution in [2.45, 2.75) is 39.4 Å². The molecule has 1 saturated heterocycles. The van der Waals surface area contributed by atoms with Crippen LogP contribution in [0.4, 0.5) is 0 Å². The lowest BCUT2D eigenvalue weighted by Gasteiger charge is -2.21. The zero-order valence-electron chi connectivity index (χ0n) is 17.7. The summed E-state index contributed by atoms with van der Waals surface area (Å²) < 4.78 is 10.3. The summed E-state index contributed by atoms with van der Waals surface area (Å²) in [7, 11) is 0. The summed E-state index contributed by atoms with van der Waals surface area (Å²) >= 11 is 5.93. The predicted molar refractivity (Wildman–Crippen MR) is 122 cm³/mol. The zero-order chi connectivity index (χ0) is 21.4. The second-order valence-electron chi connectivity index (χ2n) is 8.13. The highest BCUT2D eigenvalue weighted by atomic mass is 32.1. The third-order valence-electron chi connectivity index (χ3n) is 5.79. The standard InChI is InChI=1S/C24H25N5OS/c1-17-8-6-11-20(14-17)29-23(19-9-4-3-5-10-19)25-28(24(29)31)16-27-13-7-12-21(27)22-15-18(2)26-30-22/h3-6,8-11,14-15,21H,7,12-13,16H2,1-2H3/t21-/m1/s1. The molecule has 0 radical (unpaired) electrons. The van der Waals surface area contributed by atoms with Crippen molar-refractivity contribution < 1.29 is 4.52 Å². The highest BCUT2D eigenvalue weighted by Crippen LogP contribution is 2.33. The number of nitrogens with zero attached hydrogens (tertiary/aromatic N) is 5. The highest BCUT2D eigenvalue weighted by Gasteiger charge is 2.30. The minimum atomic E-state index is 0.201. The van der Waals surface area contributed by atoms with Crippen molar-refractivity contribution in [3.05, 3.63) is 82.5 Å². The number of benzene rings is 2. The topological polar surface area (TPSA) is 52.0 Å². The van der Waals surface area contributed by atoms with Gasteiger partial charge in [0.25, 0.3) is 0 Å². The molecule has 1 aliphatic heterocycles. The first-order valence-electron chi connectivity index (χ1n) is 10.6. The van der Waals surface area contributed by atoms with Crippen molar-refractivity contribution >= 4 is 12.2 Å². The molecule has 2 aromatic heterocycles. The van der Waals surface area contributed by atoms with Gasteiger partial charge in [-0.3, -0.25) is 9.47 Å². The Hall–Kier alpha value is -3.03. The van der Waals surface area contributed by atoms with E-state index < -0.39 is 0 Å². The summed E-state index contributed by atoms with van der Waals surface area (Å²) in [5.41, 5.74) is 4.16. The molecular weight excluding hydrogens is 406 g/mol. The smallest absolute Gasteiger partial charge is 0.204 e. The van der Waals surface area contributed by atoms with Gasteiger partial charge in [0.1, 0.15) is 0 Å². The maximum atomic E-state index is 5.93. The average Bonchev–Trinajstić information content (AvgIpc) is 3.48. The molecule has 7 heteroatoms. The van der Waals surface area contributed by atoms with Gasteiger partial charge in [0.05, 0.1) is 24.1 Å². The summed E-state index contributed by atoms with van der Waals surface area (Å²) in [4.78, 5) is 2.37. The Morgan fingerprint density at radius 1 is 1.06 bits per heavy atom. The van der Waals surface area contributed by atoms with Crippen LogP contribution in [-0.4, -0.2) is 30.9 Å². The fraction of sp³-hybridized carbons (Fsp3) is 0.292. The fourth-order valence-electron chi connectivity index (χ4n) is 4.30. The van der Waals surface area contributed by atoms with Crippen LogP contribution in [0.25, 0.3) is 17.1 Å². The van der Waals surface area contributed by atoms with Gasteiger partial charge in [0.2, 0.25) is 4.77 Å². The molecule has 1 fully saturated rings. The first-order valence-corrected chi connectivity index (χ1v) is 11.0. The molecule has 158 valence electrons. The summed E-state index contributed by atoms with van der Waals surface area (Å²) in [6, 6.07) is 20.8. The van der Waals surface area contributed by atoms with Crippen molar-refractivity contribution in [2.24, 2.45) is 0 Å². The SMILES string of the molecule is Cc1cccc(-n2c(-c3ccccc3)nn(CN3CCC[C@@H]3c3cc(C)no3)c2=S)c1. The summed E-state index contributed by atoms with van der Waals surface area (Å²) in [5, 5.41) is 9.05. The molecular formula is C24H25N5OS. The predicted octanol–water partition coefficient (Wildman–Crippen LogP) is 5.47. The van der Waals surface area contributed by atoms with E-state index in [9.17, 15) is 0 Å². The lowest BCUT2D eigenvalue weighted by atomic mass is 10.1. The number of hydrogen-bond acceptors (Lipinski definition) is 5. The normalized spacial score (nSPS) is 16.8. The van der Waals surface area contributed by atoms with Gasteiger partial charge < -0.3 is 4.52 Å². The molecule has 0 saturated carbocycles. The van der Waals surface area contributed by atoms with Crippen molar-refractivity contribution in [3.63, 3.8) is 0 Å². The minimum absolute atomic E-state index is 0.201. The molecule has 1 aliphatic rings. The van der Waals surface area contributed by atoms with E-state index in [1.807, 2.05) is 35.9 Å². The van der Waals surface area contributed by atoms with Crippen LogP contribution in [-0.2, 0) is 6.67 Å². The number of likely N-dealkylation sites (tertiary alicyclic amines) is 1. The lowest BCUT2D eigenvalue weighted by Crippen LogP contribution is -2.26. The molecule has 31 heavy (non-hydrogen) atoms. The maximum absolute atomic E-state index is 5.93. The van der Waals surface area contributed by atoms with Gasteiger partial charge in [0.15, 0.2) is 11.6 Å². The molecule has 2 aromatic carbocycles. The Balaban J connectivity index is 1.56. The molecule has 6 nitrogen and oxygen atoms in total. The van der Waals surface area contributed by atoms with E-state index in [0.717, 1.165) is 47.9 Å². The Morgan fingerprint density at radius 2 is 1.90 bits per heavy atom. The molecule has 0 aliphatic carbocycles. The van der Waals surface area contributed by atoms with Crippen LogP contribution < -0.4 is 0 Å². The van der Waals surface area contributed by atoms with Crippen LogP contribution in [0.1, 0.15) is 35.9 Å². The van der Waals surface area contributed by atoms with Gasteiger partial charge >= 0.3 is 0 Å². The fourth-order valence-corrected chi connectivity index (χ4v) is 4.59. The van der Waals surface area contributed by atoms with Crippen molar-refractivity contribution in [3.8, 4) is 17.1 Å². The van der Waals surface area contributed by atoms with Crippen LogP contribution in [0.2, 0.25) is 0 Å². The zero-order valence-corrected chi connectivity index (χ0v) is 18.5. The van der Waals surface area contributed by atoms with Gasteiger partial charge in [-0.2, -0.15) is 0 Å². The largest absolute Gasteiger partial charge is 0.359 e. The number of rotatable bonds is 5. The molecule has 3 heterocycles. The summed E-state index contributed by atoms with van der Waals surface area (Å²) in [6.07, 6.45) is 2.16. The molecule has 0 unspecified atom stereocenters. The van der Waals surface area contributed by atoms with Crippen LogP contribution in [0.5, 0.6) is 0 Å². The van der Waals surface area contributed by atoms with E-state index in [-0.39, 0.29) is 6.04 Å². The molecule has 0 amide bonds. The quantitative estimate of drug-likeness (QED) is 0.392. The van der Waals surface area contributed by atoms with E-state index in [2.05, 4.69) is 57.9 Å². The Bertz CT molecular complexity index is 1260. The number of hydrogen-bond donors (Lipinski definition) is 0. The number of aromatic nitrogens is 4. The maximum Gasteiger partial charge on any atom is 0.204 e. The third-order valence-corrected chi connectivity index (χ3v) is 6.18. The van der Waals surface area contributed by atoms with E-state index >= 15 is 0 Å². The van der Waals surface area contributed by atoms with Crippen molar-refractivity contribution in [1.29, 1.82) is 0 Å². The van der Waals surface area contributed by atoms with Crippen molar-refractivity contribution in [1.82, 2.24) is 24.4 Å². The van der Waals surface area contributed by atoms with Crippen LogP contribution in [0.3, 0.4) is 0 Å². The Labute approximate surface area is 186 Å². The monoisotopic (exact) mass is 431 g/mol. The van der Waals surface area contributed by atoms with E-state index in [1.165, 1.54) is 5.56 Å². The summed E-state index contributed by atoms with van der Waals surface area (Å²) in [5.74, 6) is 1.77. The second-order valence-corrected chi connectivity index (χ2v) is 8.49. The van der Waals surface area contributed by atoms with E-state index in [0.29, 0.717) is 11.4 Å². The van der Waals surface area contributed by atoms with Gasteiger partial charge in [-0.1, -0.05) is 47.6 Å². The van der Waals surface area contributed by atoms with Crippen LogP contribution >= 0.6 is 12.2 Å². The van der Waals surface area contributed by atoms with Gasteiger partial charge in [-0.05, 0) is 56.6 Å².